The van der Waals surface area contributed by atoms with E-state index in [1.54, 1.807) is 23.0 Å². The van der Waals surface area contributed by atoms with Crippen molar-refractivity contribution in [3.8, 4) is 5.69 Å². The van der Waals surface area contributed by atoms with Crippen molar-refractivity contribution in [3.63, 3.8) is 0 Å². The number of aromatic nitrogens is 3. The Hall–Kier alpha value is -2.95. The summed E-state index contributed by atoms with van der Waals surface area (Å²) in [7, 11) is 0. The smallest absolute Gasteiger partial charge is 0.275 e. The normalized spacial score (nSPS) is 10.7. The Morgan fingerprint density at radius 1 is 1.09 bits per heavy atom. The third kappa shape index (κ3) is 3.29. The molecule has 0 aliphatic carbocycles. The van der Waals surface area contributed by atoms with E-state index in [1.807, 2.05) is 42.5 Å². The number of hydrogen-bond donors (Lipinski definition) is 1. The van der Waals surface area contributed by atoms with Gasteiger partial charge in [-0.2, -0.15) is 5.10 Å². The minimum absolute atomic E-state index is 0.230. The predicted octanol–water partition coefficient (Wildman–Crippen LogP) is 3.64. The molecule has 0 fully saturated rings. The second-order valence-electron chi connectivity index (χ2n) is 5.53. The lowest BCUT2D eigenvalue weighted by atomic mass is 10.1. The highest BCUT2D eigenvalue weighted by atomic mass is 16.2. The molecule has 0 atom stereocenters. The molecule has 0 aliphatic rings. The van der Waals surface area contributed by atoms with Gasteiger partial charge in [0.2, 0.25) is 0 Å². The van der Waals surface area contributed by atoms with Gasteiger partial charge in [0.15, 0.2) is 0 Å². The molecule has 2 aromatic heterocycles. The predicted molar refractivity (Wildman–Crippen MR) is 89.8 cm³/mol. The SMILES string of the molecule is CC(C)c1cc(C(=O)Nc2ccccn2)n(-c2ccccc2)n1. The molecule has 0 bridgehead atoms. The average molecular weight is 306 g/mol. The van der Waals surface area contributed by atoms with E-state index >= 15 is 0 Å². The van der Waals surface area contributed by atoms with Crippen LogP contribution in [0.4, 0.5) is 5.82 Å². The molecule has 116 valence electrons. The van der Waals surface area contributed by atoms with Crippen LogP contribution >= 0.6 is 0 Å². The Bertz CT molecular complexity index is 794. The zero-order valence-corrected chi connectivity index (χ0v) is 13.1. The molecule has 1 aromatic carbocycles. The number of pyridine rings is 1. The topological polar surface area (TPSA) is 59.8 Å². The van der Waals surface area contributed by atoms with Crippen molar-refractivity contribution in [2.75, 3.05) is 5.32 Å². The van der Waals surface area contributed by atoms with E-state index in [1.165, 1.54) is 0 Å². The van der Waals surface area contributed by atoms with Crippen molar-refractivity contribution in [1.82, 2.24) is 14.8 Å². The van der Waals surface area contributed by atoms with Crippen LogP contribution < -0.4 is 5.32 Å². The first-order chi connectivity index (χ1) is 11.1. The zero-order chi connectivity index (χ0) is 16.2. The fourth-order valence-corrected chi connectivity index (χ4v) is 2.23. The Morgan fingerprint density at radius 2 is 1.83 bits per heavy atom. The lowest BCUT2D eigenvalue weighted by Crippen LogP contribution is -2.17. The van der Waals surface area contributed by atoms with E-state index in [0.29, 0.717) is 11.5 Å². The molecular formula is C18H18N4O. The van der Waals surface area contributed by atoms with Crippen LogP contribution in [0.25, 0.3) is 5.69 Å². The number of nitrogens with zero attached hydrogens (tertiary/aromatic N) is 3. The highest BCUT2D eigenvalue weighted by Gasteiger charge is 2.18. The second-order valence-corrected chi connectivity index (χ2v) is 5.53. The van der Waals surface area contributed by atoms with Gasteiger partial charge in [0.05, 0.1) is 11.4 Å². The van der Waals surface area contributed by atoms with Crippen molar-refractivity contribution in [3.05, 3.63) is 72.2 Å². The van der Waals surface area contributed by atoms with Gasteiger partial charge in [-0.3, -0.25) is 4.79 Å². The molecule has 0 radical (unpaired) electrons. The number of benzene rings is 1. The van der Waals surface area contributed by atoms with Crippen molar-refractivity contribution in [2.24, 2.45) is 0 Å². The largest absolute Gasteiger partial charge is 0.305 e. The maximum Gasteiger partial charge on any atom is 0.275 e. The van der Waals surface area contributed by atoms with Gasteiger partial charge < -0.3 is 5.32 Å². The quantitative estimate of drug-likeness (QED) is 0.800. The number of carbonyl (C=O) groups excluding carboxylic acids is 1. The summed E-state index contributed by atoms with van der Waals surface area (Å²) in [4.78, 5) is 16.8. The summed E-state index contributed by atoms with van der Waals surface area (Å²) in [5, 5.41) is 7.39. The Balaban J connectivity index is 1.98. The monoisotopic (exact) mass is 306 g/mol. The van der Waals surface area contributed by atoms with Gasteiger partial charge in [-0.25, -0.2) is 9.67 Å². The molecule has 3 aromatic rings. The molecule has 0 saturated heterocycles. The summed E-state index contributed by atoms with van der Waals surface area (Å²) in [5.74, 6) is 0.526. The van der Waals surface area contributed by atoms with Crippen LogP contribution in [-0.2, 0) is 0 Å². The number of anilines is 1. The summed E-state index contributed by atoms with van der Waals surface area (Å²) in [6, 6.07) is 16.9. The van der Waals surface area contributed by atoms with E-state index in [2.05, 4.69) is 29.2 Å². The summed E-state index contributed by atoms with van der Waals surface area (Å²) in [6.07, 6.45) is 1.64. The molecule has 0 spiro atoms. The zero-order valence-electron chi connectivity index (χ0n) is 13.1. The first-order valence-corrected chi connectivity index (χ1v) is 7.53. The molecule has 1 amide bonds. The number of para-hydroxylation sites is 1. The molecule has 23 heavy (non-hydrogen) atoms. The van der Waals surface area contributed by atoms with Gasteiger partial charge in [-0.1, -0.05) is 38.1 Å². The molecule has 0 aliphatic heterocycles. The van der Waals surface area contributed by atoms with Crippen LogP contribution in [-0.4, -0.2) is 20.7 Å². The second kappa shape index (κ2) is 6.44. The van der Waals surface area contributed by atoms with Crippen LogP contribution in [0.3, 0.4) is 0 Å². The van der Waals surface area contributed by atoms with Crippen molar-refractivity contribution in [2.45, 2.75) is 19.8 Å². The van der Waals surface area contributed by atoms with Gasteiger partial charge in [-0.15, -0.1) is 0 Å². The number of rotatable bonds is 4. The molecule has 1 N–H and O–H groups in total. The number of carbonyl (C=O) groups is 1. The standard InChI is InChI=1S/C18H18N4O/c1-13(2)15-12-16(18(23)20-17-10-6-7-11-19-17)22(21-15)14-8-4-3-5-9-14/h3-13H,1-2H3,(H,19,20,23). The Labute approximate surface area is 135 Å². The molecule has 0 unspecified atom stereocenters. The third-order valence-electron chi connectivity index (χ3n) is 3.46. The number of amides is 1. The van der Waals surface area contributed by atoms with Crippen molar-refractivity contribution in [1.29, 1.82) is 0 Å². The lowest BCUT2D eigenvalue weighted by molar-refractivity contribution is 0.101. The molecule has 3 rings (SSSR count). The van der Waals surface area contributed by atoms with Gasteiger partial charge >= 0.3 is 0 Å². The van der Waals surface area contributed by atoms with Crippen LogP contribution in [0.2, 0.25) is 0 Å². The first-order valence-electron chi connectivity index (χ1n) is 7.53. The van der Waals surface area contributed by atoms with E-state index in [-0.39, 0.29) is 11.8 Å². The van der Waals surface area contributed by atoms with Gasteiger partial charge in [0.1, 0.15) is 11.5 Å². The number of hydrogen-bond acceptors (Lipinski definition) is 3. The fraction of sp³-hybridized carbons (Fsp3) is 0.167. The number of nitrogens with one attached hydrogen (secondary N) is 1. The van der Waals surface area contributed by atoms with Gasteiger partial charge in [-0.05, 0) is 36.2 Å². The molecule has 5 nitrogen and oxygen atoms in total. The average Bonchev–Trinajstić information content (AvgIpc) is 3.02. The van der Waals surface area contributed by atoms with Crippen molar-refractivity contribution < 1.29 is 4.79 Å². The summed E-state index contributed by atoms with van der Waals surface area (Å²) in [6.45, 7) is 4.11. The summed E-state index contributed by atoms with van der Waals surface area (Å²) >= 11 is 0. The van der Waals surface area contributed by atoms with E-state index in [0.717, 1.165) is 11.4 Å². The van der Waals surface area contributed by atoms with Crippen molar-refractivity contribution >= 4 is 11.7 Å². The molecule has 5 heteroatoms. The Kier molecular flexibility index (Phi) is 4.19. The maximum absolute atomic E-state index is 12.6. The highest BCUT2D eigenvalue weighted by molar-refractivity contribution is 6.03. The summed E-state index contributed by atoms with van der Waals surface area (Å²) in [5.41, 5.74) is 2.22. The highest BCUT2D eigenvalue weighted by Crippen LogP contribution is 2.19. The van der Waals surface area contributed by atoms with E-state index in [9.17, 15) is 4.79 Å². The van der Waals surface area contributed by atoms with E-state index < -0.39 is 0 Å². The molecule has 2 heterocycles. The lowest BCUT2D eigenvalue weighted by Gasteiger charge is -2.07. The van der Waals surface area contributed by atoms with E-state index in [4.69, 9.17) is 0 Å². The van der Waals surface area contributed by atoms with Crippen LogP contribution in [0.5, 0.6) is 0 Å². The molecule has 0 saturated carbocycles. The minimum atomic E-state index is -0.230. The van der Waals surface area contributed by atoms with Crippen LogP contribution in [0.15, 0.2) is 60.8 Å². The van der Waals surface area contributed by atoms with Crippen LogP contribution in [0.1, 0.15) is 35.9 Å². The summed E-state index contributed by atoms with van der Waals surface area (Å²) < 4.78 is 1.67. The van der Waals surface area contributed by atoms with Gasteiger partial charge in [0.25, 0.3) is 5.91 Å². The van der Waals surface area contributed by atoms with Crippen LogP contribution in [0, 0.1) is 0 Å². The molecular weight excluding hydrogens is 288 g/mol. The Morgan fingerprint density at radius 3 is 2.48 bits per heavy atom. The third-order valence-corrected chi connectivity index (χ3v) is 3.46. The maximum atomic E-state index is 12.6. The minimum Gasteiger partial charge on any atom is -0.305 e. The first kappa shape index (κ1) is 15.0. The van der Waals surface area contributed by atoms with Gasteiger partial charge in [0, 0.05) is 6.20 Å². The fourth-order valence-electron chi connectivity index (χ4n) is 2.23.